The van der Waals surface area contributed by atoms with Gasteiger partial charge in [-0.25, -0.2) is 0 Å². The van der Waals surface area contributed by atoms with E-state index in [1.807, 2.05) is 25.1 Å². The first kappa shape index (κ1) is 15.1. The molecular formula is C16H20N4OS. The molecule has 1 amide bonds. The van der Waals surface area contributed by atoms with E-state index in [2.05, 4.69) is 26.9 Å². The molecule has 2 heterocycles. The van der Waals surface area contributed by atoms with Crippen LogP contribution in [-0.2, 0) is 6.42 Å². The molecule has 0 bridgehead atoms. The highest BCUT2D eigenvalue weighted by Gasteiger charge is 2.21. The first-order valence-corrected chi connectivity index (χ1v) is 8.42. The molecule has 0 saturated carbocycles. The number of nitrogens with zero attached hydrogens (tertiary/aromatic N) is 2. The Bertz CT molecular complexity index is 649. The van der Waals surface area contributed by atoms with E-state index in [4.69, 9.17) is 0 Å². The first-order valence-electron chi connectivity index (χ1n) is 7.61. The molecule has 6 heteroatoms. The van der Waals surface area contributed by atoms with Gasteiger partial charge in [-0.05, 0) is 37.4 Å². The van der Waals surface area contributed by atoms with Crippen LogP contribution in [0.25, 0.3) is 0 Å². The Balaban J connectivity index is 1.62. The van der Waals surface area contributed by atoms with Gasteiger partial charge in [-0.1, -0.05) is 18.2 Å². The molecule has 3 rings (SSSR count). The third-order valence-corrected chi connectivity index (χ3v) is 4.80. The molecule has 1 aromatic heterocycles. The second-order valence-electron chi connectivity index (χ2n) is 5.50. The number of amides is 1. The fourth-order valence-corrected chi connectivity index (χ4v) is 3.51. The normalized spacial score (nSPS) is 17.6. The van der Waals surface area contributed by atoms with E-state index in [9.17, 15) is 4.79 Å². The number of hydrogen-bond acceptors (Lipinski definition) is 5. The fourth-order valence-electron chi connectivity index (χ4n) is 2.80. The van der Waals surface area contributed by atoms with Crippen LogP contribution in [0.1, 0.15) is 38.3 Å². The molecule has 0 radical (unpaired) electrons. The van der Waals surface area contributed by atoms with E-state index >= 15 is 0 Å². The summed E-state index contributed by atoms with van der Waals surface area (Å²) in [5, 5.41) is 16.3. The van der Waals surface area contributed by atoms with E-state index in [0.29, 0.717) is 12.5 Å². The lowest BCUT2D eigenvalue weighted by atomic mass is 9.93. The molecule has 116 valence electrons. The molecule has 1 atom stereocenters. The largest absolute Gasteiger partial charge is 0.352 e. The summed E-state index contributed by atoms with van der Waals surface area (Å²) >= 11 is 1.58. The second-order valence-corrected chi connectivity index (χ2v) is 6.76. The van der Waals surface area contributed by atoms with Crippen LogP contribution < -0.4 is 10.6 Å². The van der Waals surface area contributed by atoms with Crippen LogP contribution in [0, 0.1) is 6.92 Å². The van der Waals surface area contributed by atoms with E-state index in [1.165, 1.54) is 0 Å². The van der Waals surface area contributed by atoms with E-state index in [1.54, 1.807) is 11.3 Å². The number of hydrogen-bond donors (Lipinski definition) is 2. The van der Waals surface area contributed by atoms with Crippen molar-refractivity contribution in [2.24, 2.45) is 0 Å². The van der Waals surface area contributed by atoms with Gasteiger partial charge in [-0.3, -0.25) is 4.79 Å². The number of aryl methyl sites for hydroxylation is 1. The summed E-state index contributed by atoms with van der Waals surface area (Å²) in [6.45, 7) is 4.50. The number of carbonyl (C=O) groups is 1. The lowest BCUT2D eigenvalue weighted by Crippen LogP contribution is -2.27. The molecule has 2 N–H and O–H groups in total. The van der Waals surface area contributed by atoms with Crippen LogP contribution in [0.4, 0.5) is 0 Å². The highest BCUT2D eigenvalue weighted by molar-refractivity contribution is 7.11. The number of carbonyl (C=O) groups excluding carboxylic acids is 1. The van der Waals surface area contributed by atoms with Crippen molar-refractivity contribution in [1.29, 1.82) is 0 Å². The zero-order chi connectivity index (χ0) is 15.4. The van der Waals surface area contributed by atoms with Gasteiger partial charge in [0.25, 0.3) is 5.91 Å². The fraction of sp³-hybridized carbons (Fsp3) is 0.438. The zero-order valence-corrected chi connectivity index (χ0v) is 13.4. The molecule has 1 aliphatic heterocycles. The SMILES string of the molecule is Cc1nnc(CCNC(=O)c2ccccc2[C@@H]2CCNC2)s1. The summed E-state index contributed by atoms with van der Waals surface area (Å²) in [6, 6.07) is 7.92. The van der Waals surface area contributed by atoms with Gasteiger partial charge < -0.3 is 10.6 Å². The number of aromatic nitrogens is 2. The smallest absolute Gasteiger partial charge is 0.251 e. The van der Waals surface area contributed by atoms with Gasteiger partial charge in [0, 0.05) is 25.1 Å². The van der Waals surface area contributed by atoms with Gasteiger partial charge in [0.2, 0.25) is 0 Å². The predicted molar refractivity (Wildman–Crippen MR) is 87.4 cm³/mol. The number of rotatable bonds is 5. The van der Waals surface area contributed by atoms with Gasteiger partial charge >= 0.3 is 0 Å². The molecule has 0 unspecified atom stereocenters. The van der Waals surface area contributed by atoms with Crippen LogP contribution in [0.15, 0.2) is 24.3 Å². The van der Waals surface area contributed by atoms with Crippen molar-refractivity contribution in [3.05, 3.63) is 45.4 Å². The van der Waals surface area contributed by atoms with Crippen LogP contribution >= 0.6 is 11.3 Å². The average Bonchev–Trinajstić information content (AvgIpc) is 3.19. The quantitative estimate of drug-likeness (QED) is 0.884. The summed E-state index contributed by atoms with van der Waals surface area (Å²) in [6.07, 6.45) is 1.82. The van der Waals surface area contributed by atoms with Gasteiger partial charge in [-0.15, -0.1) is 21.5 Å². The molecule has 1 saturated heterocycles. The number of nitrogens with one attached hydrogen (secondary N) is 2. The van der Waals surface area contributed by atoms with Crippen LogP contribution in [0.3, 0.4) is 0 Å². The summed E-state index contributed by atoms with van der Waals surface area (Å²) in [5.74, 6) is 0.441. The van der Waals surface area contributed by atoms with Crippen LogP contribution in [-0.4, -0.2) is 35.7 Å². The Morgan fingerprint density at radius 3 is 3.00 bits per heavy atom. The highest BCUT2D eigenvalue weighted by Crippen LogP contribution is 2.25. The summed E-state index contributed by atoms with van der Waals surface area (Å²) in [7, 11) is 0. The third-order valence-electron chi connectivity index (χ3n) is 3.90. The maximum atomic E-state index is 12.5. The third kappa shape index (κ3) is 3.51. The summed E-state index contributed by atoms with van der Waals surface area (Å²) < 4.78 is 0. The maximum absolute atomic E-state index is 12.5. The summed E-state index contributed by atoms with van der Waals surface area (Å²) in [5.41, 5.74) is 1.95. The van der Waals surface area contributed by atoms with Crippen molar-refractivity contribution in [3.8, 4) is 0 Å². The Kier molecular flexibility index (Phi) is 4.80. The Hall–Kier alpha value is -1.79. The van der Waals surface area contributed by atoms with Crippen LogP contribution in [0.2, 0.25) is 0 Å². The average molecular weight is 316 g/mol. The molecule has 1 aromatic carbocycles. The highest BCUT2D eigenvalue weighted by atomic mass is 32.1. The van der Waals surface area contributed by atoms with Crippen molar-refractivity contribution < 1.29 is 4.79 Å². The Morgan fingerprint density at radius 2 is 2.27 bits per heavy atom. The van der Waals surface area contributed by atoms with E-state index < -0.39 is 0 Å². The topological polar surface area (TPSA) is 66.9 Å². The van der Waals surface area contributed by atoms with Gasteiger partial charge in [0.05, 0.1) is 0 Å². The van der Waals surface area contributed by atoms with Crippen molar-refractivity contribution in [2.45, 2.75) is 25.7 Å². The first-order chi connectivity index (χ1) is 10.7. The van der Waals surface area contributed by atoms with Gasteiger partial charge in [0.1, 0.15) is 10.0 Å². The molecule has 1 fully saturated rings. The minimum atomic E-state index is 0.00346. The monoisotopic (exact) mass is 316 g/mol. The molecule has 1 aliphatic rings. The molecule has 2 aromatic rings. The second kappa shape index (κ2) is 6.98. The molecule has 5 nitrogen and oxygen atoms in total. The lowest BCUT2D eigenvalue weighted by molar-refractivity contribution is 0.0953. The zero-order valence-electron chi connectivity index (χ0n) is 12.6. The minimum absolute atomic E-state index is 0.00346. The number of benzene rings is 1. The van der Waals surface area contributed by atoms with Crippen molar-refractivity contribution in [3.63, 3.8) is 0 Å². The van der Waals surface area contributed by atoms with Crippen LogP contribution in [0.5, 0.6) is 0 Å². The molecule has 0 aliphatic carbocycles. The maximum Gasteiger partial charge on any atom is 0.251 e. The van der Waals surface area contributed by atoms with Crippen molar-refractivity contribution in [2.75, 3.05) is 19.6 Å². The van der Waals surface area contributed by atoms with Gasteiger partial charge in [-0.2, -0.15) is 0 Å². The van der Waals surface area contributed by atoms with E-state index in [-0.39, 0.29) is 5.91 Å². The lowest BCUT2D eigenvalue weighted by Gasteiger charge is -2.14. The Labute approximate surface area is 134 Å². The predicted octanol–water partition coefficient (Wildman–Crippen LogP) is 1.90. The Morgan fingerprint density at radius 1 is 1.41 bits per heavy atom. The minimum Gasteiger partial charge on any atom is -0.352 e. The van der Waals surface area contributed by atoms with Crippen molar-refractivity contribution in [1.82, 2.24) is 20.8 Å². The molecule has 22 heavy (non-hydrogen) atoms. The van der Waals surface area contributed by atoms with Gasteiger partial charge in [0.15, 0.2) is 0 Å². The van der Waals surface area contributed by atoms with Crippen molar-refractivity contribution >= 4 is 17.2 Å². The van der Waals surface area contributed by atoms with E-state index in [0.717, 1.165) is 47.1 Å². The summed E-state index contributed by atoms with van der Waals surface area (Å²) in [4.78, 5) is 12.5. The standard InChI is InChI=1S/C16H20N4OS/c1-11-19-20-15(22-11)7-9-18-16(21)14-5-3-2-4-13(14)12-6-8-17-10-12/h2-5,12,17H,6-10H2,1H3,(H,18,21)/t12-/m1/s1. The molecular weight excluding hydrogens is 296 g/mol. The molecule has 0 spiro atoms.